The van der Waals surface area contributed by atoms with Gasteiger partial charge in [0.2, 0.25) is 0 Å². The number of nitrogens with one attached hydrogen (secondary N) is 1. The molecule has 0 radical (unpaired) electrons. The second-order valence-corrected chi connectivity index (χ2v) is 4.16. The molecule has 2 N–H and O–H groups in total. The molecule has 0 atom stereocenters. The number of nitrogens with zero attached hydrogens (tertiary/aromatic N) is 2. The average Bonchev–Trinajstić information content (AvgIpc) is 2.43. The van der Waals surface area contributed by atoms with Gasteiger partial charge < -0.3 is 20.1 Å². The number of methoxy groups -OCH3 is 1. The van der Waals surface area contributed by atoms with E-state index in [4.69, 9.17) is 9.84 Å². The molecule has 1 aromatic rings. The van der Waals surface area contributed by atoms with E-state index in [2.05, 4.69) is 5.32 Å². The number of hydrogen-bond acceptors (Lipinski definition) is 6. The summed E-state index contributed by atoms with van der Waals surface area (Å²) >= 11 is 0. The molecule has 1 rings (SSSR count). The number of nitro groups is 1. The Bertz CT molecular complexity index is 440. The van der Waals surface area contributed by atoms with E-state index >= 15 is 0 Å². The van der Waals surface area contributed by atoms with Gasteiger partial charge in [0, 0.05) is 26.7 Å². The monoisotopic (exact) mass is 283 g/mol. The fourth-order valence-electron chi connectivity index (χ4n) is 1.99. The summed E-state index contributed by atoms with van der Waals surface area (Å²) in [6.07, 6.45) is 0. The van der Waals surface area contributed by atoms with E-state index in [0.29, 0.717) is 37.6 Å². The van der Waals surface area contributed by atoms with Gasteiger partial charge in [-0.15, -0.1) is 0 Å². The van der Waals surface area contributed by atoms with Gasteiger partial charge in [0.05, 0.1) is 18.1 Å². The van der Waals surface area contributed by atoms with E-state index in [0.717, 1.165) is 0 Å². The minimum Gasteiger partial charge on any atom is -0.395 e. The normalized spacial score (nSPS) is 10.3. The quantitative estimate of drug-likeness (QED) is 0.527. The predicted molar refractivity (Wildman–Crippen MR) is 78.4 cm³/mol. The second kappa shape index (κ2) is 8.34. The first kappa shape index (κ1) is 16.2. The van der Waals surface area contributed by atoms with Gasteiger partial charge >= 0.3 is 5.69 Å². The molecule has 0 aliphatic rings. The largest absolute Gasteiger partial charge is 0.395 e. The van der Waals surface area contributed by atoms with Gasteiger partial charge in [0.15, 0.2) is 0 Å². The zero-order chi connectivity index (χ0) is 15.0. The third-order valence-corrected chi connectivity index (χ3v) is 2.84. The molecule has 7 heteroatoms. The smallest absolute Gasteiger partial charge is 0.315 e. The molecule has 0 aliphatic heterocycles. The molecular formula is C13H21N3O4. The first-order valence-corrected chi connectivity index (χ1v) is 6.51. The van der Waals surface area contributed by atoms with E-state index in [1.807, 2.05) is 6.92 Å². The van der Waals surface area contributed by atoms with Crippen molar-refractivity contribution < 1.29 is 14.8 Å². The van der Waals surface area contributed by atoms with Crippen LogP contribution in [0.5, 0.6) is 0 Å². The van der Waals surface area contributed by atoms with Crippen molar-refractivity contribution in [1.82, 2.24) is 0 Å². The molecule has 0 saturated carbocycles. The first-order chi connectivity index (χ1) is 9.65. The van der Waals surface area contributed by atoms with Crippen molar-refractivity contribution in [2.45, 2.75) is 6.92 Å². The van der Waals surface area contributed by atoms with Crippen LogP contribution < -0.4 is 10.2 Å². The minimum atomic E-state index is -0.398. The molecule has 0 aromatic heterocycles. The predicted octanol–water partition coefficient (Wildman–Crippen LogP) is 1.47. The highest BCUT2D eigenvalue weighted by atomic mass is 16.6. The summed E-state index contributed by atoms with van der Waals surface area (Å²) in [6, 6.07) is 5.13. The average molecular weight is 283 g/mol. The Morgan fingerprint density at radius 2 is 2.20 bits per heavy atom. The van der Waals surface area contributed by atoms with E-state index in [1.54, 1.807) is 30.2 Å². The van der Waals surface area contributed by atoms with Gasteiger partial charge in [-0.3, -0.25) is 10.1 Å². The maximum atomic E-state index is 11.3. The fraction of sp³-hybridized carbons (Fsp3) is 0.538. The number of aliphatic hydroxyl groups excluding tert-OH is 1. The number of nitro benzene ring substituents is 1. The summed E-state index contributed by atoms with van der Waals surface area (Å²) in [5, 5.41) is 23.5. The van der Waals surface area contributed by atoms with Gasteiger partial charge in [0.1, 0.15) is 11.4 Å². The van der Waals surface area contributed by atoms with Gasteiger partial charge in [0.25, 0.3) is 0 Å². The Balaban J connectivity index is 3.17. The van der Waals surface area contributed by atoms with Gasteiger partial charge in [-0.2, -0.15) is 0 Å². The minimum absolute atomic E-state index is 0.0268. The maximum Gasteiger partial charge on any atom is 0.315 e. The van der Waals surface area contributed by atoms with Gasteiger partial charge in [-0.05, 0) is 19.1 Å². The van der Waals surface area contributed by atoms with Crippen LogP contribution in [0.25, 0.3) is 0 Å². The molecule has 0 aliphatic carbocycles. The highest BCUT2D eigenvalue weighted by Gasteiger charge is 2.23. The van der Waals surface area contributed by atoms with Crippen LogP contribution in [0, 0.1) is 10.1 Å². The topological polar surface area (TPSA) is 87.9 Å². The number of aliphatic hydroxyl groups is 1. The molecule has 0 fully saturated rings. The first-order valence-electron chi connectivity index (χ1n) is 6.51. The van der Waals surface area contributed by atoms with Crippen LogP contribution >= 0.6 is 0 Å². The van der Waals surface area contributed by atoms with Crippen molar-refractivity contribution in [3.63, 3.8) is 0 Å². The SMILES string of the molecule is CCNc1cccc(N(CCO)CCOC)c1[N+](=O)[O-]. The molecule has 0 amide bonds. The van der Waals surface area contributed by atoms with Crippen LogP contribution in [0.2, 0.25) is 0 Å². The summed E-state index contributed by atoms with van der Waals surface area (Å²) in [4.78, 5) is 12.7. The molecule has 0 bridgehead atoms. The van der Waals surface area contributed by atoms with Crippen LogP contribution in [-0.2, 0) is 4.74 Å². The second-order valence-electron chi connectivity index (χ2n) is 4.16. The molecular weight excluding hydrogens is 262 g/mol. The number of benzene rings is 1. The number of rotatable bonds is 9. The highest BCUT2D eigenvalue weighted by molar-refractivity contribution is 5.77. The van der Waals surface area contributed by atoms with Crippen molar-refractivity contribution in [2.24, 2.45) is 0 Å². The van der Waals surface area contributed by atoms with E-state index < -0.39 is 4.92 Å². The van der Waals surface area contributed by atoms with Gasteiger partial charge in [-0.25, -0.2) is 0 Å². The molecule has 20 heavy (non-hydrogen) atoms. The molecule has 0 heterocycles. The van der Waals surface area contributed by atoms with Crippen LogP contribution in [0.1, 0.15) is 6.92 Å². The standard InChI is InChI=1S/C13H21N3O4/c1-3-14-11-5-4-6-12(13(11)16(18)19)15(7-9-17)8-10-20-2/h4-6,14,17H,3,7-10H2,1-2H3. The summed E-state index contributed by atoms with van der Waals surface area (Å²) < 4.78 is 5.01. The lowest BCUT2D eigenvalue weighted by atomic mass is 10.2. The highest BCUT2D eigenvalue weighted by Crippen LogP contribution is 2.35. The summed E-state index contributed by atoms with van der Waals surface area (Å²) in [6.45, 7) is 3.64. The van der Waals surface area contributed by atoms with Crippen LogP contribution in [0.15, 0.2) is 18.2 Å². The zero-order valence-electron chi connectivity index (χ0n) is 11.8. The third-order valence-electron chi connectivity index (χ3n) is 2.84. The van der Waals surface area contributed by atoms with E-state index in [-0.39, 0.29) is 12.3 Å². The molecule has 112 valence electrons. The molecule has 1 aromatic carbocycles. The lowest BCUT2D eigenvalue weighted by Crippen LogP contribution is -2.30. The maximum absolute atomic E-state index is 11.3. The Labute approximate surface area is 118 Å². The number of para-hydroxylation sites is 1. The Kier molecular flexibility index (Phi) is 6.75. The van der Waals surface area contributed by atoms with Crippen molar-refractivity contribution in [2.75, 3.05) is 50.2 Å². The fourth-order valence-corrected chi connectivity index (χ4v) is 1.99. The van der Waals surface area contributed by atoms with Gasteiger partial charge in [-0.1, -0.05) is 6.07 Å². The zero-order valence-corrected chi connectivity index (χ0v) is 11.8. The van der Waals surface area contributed by atoms with E-state index in [9.17, 15) is 10.1 Å². The third kappa shape index (κ3) is 4.07. The molecule has 0 spiro atoms. The van der Waals surface area contributed by atoms with Crippen molar-refractivity contribution >= 4 is 17.1 Å². The summed E-state index contributed by atoms with van der Waals surface area (Å²) in [5.74, 6) is 0. The Morgan fingerprint density at radius 3 is 2.75 bits per heavy atom. The number of hydrogen-bond donors (Lipinski definition) is 2. The summed E-state index contributed by atoms with van der Waals surface area (Å²) in [7, 11) is 1.57. The lowest BCUT2D eigenvalue weighted by molar-refractivity contribution is -0.383. The van der Waals surface area contributed by atoms with Crippen LogP contribution in [-0.4, -0.2) is 50.0 Å². The molecule has 0 saturated heterocycles. The Hall–Kier alpha value is -1.86. The number of anilines is 2. The van der Waals surface area contributed by atoms with Crippen LogP contribution in [0.3, 0.4) is 0 Å². The van der Waals surface area contributed by atoms with Crippen molar-refractivity contribution in [1.29, 1.82) is 0 Å². The molecule has 7 nitrogen and oxygen atoms in total. The van der Waals surface area contributed by atoms with Crippen molar-refractivity contribution in [3.8, 4) is 0 Å². The summed E-state index contributed by atoms with van der Waals surface area (Å²) in [5.41, 5.74) is 0.994. The Morgan fingerprint density at radius 1 is 1.45 bits per heavy atom. The lowest BCUT2D eigenvalue weighted by Gasteiger charge is -2.24. The van der Waals surface area contributed by atoms with E-state index in [1.165, 1.54) is 0 Å². The van der Waals surface area contributed by atoms with Crippen molar-refractivity contribution in [3.05, 3.63) is 28.3 Å². The molecule has 0 unspecified atom stereocenters. The number of ether oxygens (including phenoxy) is 1. The van der Waals surface area contributed by atoms with Crippen LogP contribution in [0.4, 0.5) is 17.1 Å².